The van der Waals surface area contributed by atoms with Gasteiger partial charge in [-0.25, -0.2) is 14.6 Å². The Hall–Kier alpha value is -5.77. The molecule has 3 aliphatic heterocycles. The van der Waals surface area contributed by atoms with E-state index in [9.17, 15) is 28.8 Å². The predicted molar refractivity (Wildman–Crippen MR) is 219 cm³/mol. The van der Waals surface area contributed by atoms with Crippen LogP contribution in [-0.2, 0) is 33.4 Å². The molecule has 6 rings (SSSR count). The Bertz CT molecular complexity index is 2030. The molecule has 0 bridgehead atoms. The summed E-state index contributed by atoms with van der Waals surface area (Å²) in [5, 5.41) is 5.59. The molecule has 0 spiro atoms. The molecule has 4 unspecified atom stereocenters. The number of methoxy groups -OCH3 is 2. The molecule has 3 aliphatic rings. The van der Waals surface area contributed by atoms with E-state index >= 15 is 0 Å². The number of rotatable bonds is 12. The Kier molecular flexibility index (Phi) is 13.1. The first-order valence-electron chi connectivity index (χ1n) is 20.4. The van der Waals surface area contributed by atoms with Crippen LogP contribution in [0.15, 0.2) is 54.7 Å². The van der Waals surface area contributed by atoms with Crippen molar-refractivity contribution in [2.45, 2.75) is 95.9 Å². The van der Waals surface area contributed by atoms with Crippen LogP contribution in [0.1, 0.15) is 78.1 Å². The number of hydrogen-bond acceptors (Lipinski definition) is 10. The first-order chi connectivity index (χ1) is 28.2. The third-order valence-corrected chi connectivity index (χ3v) is 11.9. The molecule has 5 atom stereocenters. The zero-order chi connectivity index (χ0) is 42.6. The summed E-state index contributed by atoms with van der Waals surface area (Å²) < 4.78 is 9.63. The summed E-state index contributed by atoms with van der Waals surface area (Å²) >= 11 is 0. The molecule has 2 aromatic carbocycles. The first-order valence-corrected chi connectivity index (χ1v) is 20.4. The van der Waals surface area contributed by atoms with Gasteiger partial charge in [-0.2, -0.15) is 0 Å². The van der Waals surface area contributed by atoms with E-state index in [-0.39, 0.29) is 29.7 Å². The maximum Gasteiger partial charge on any atom is 0.407 e. The molecule has 0 aliphatic carbocycles. The van der Waals surface area contributed by atoms with E-state index in [0.717, 1.165) is 28.8 Å². The lowest BCUT2D eigenvalue weighted by Gasteiger charge is -2.35. The molecule has 0 radical (unpaired) electrons. The monoisotopic (exact) mass is 812 g/mol. The molecule has 16 nitrogen and oxygen atoms in total. The van der Waals surface area contributed by atoms with Crippen LogP contribution in [0.4, 0.5) is 10.5 Å². The average Bonchev–Trinajstić information content (AvgIpc) is 4.08. The molecular formula is C43H56N8O8. The van der Waals surface area contributed by atoms with Gasteiger partial charge in [0.15, 0.2) is 5.54 Å². The summed E-state index contributed by atoms with van der Waals surface area (Å²) in [7, 11) is 2.46. The number of nitrogens with zero attached hydrogens (tertiary/aromatic N) is 4. The molecule has 5 N–H and O–H groups in total. The largest absolute Gasteiger partial charge is 0.467 e. The first kappa shape index (κ1) is 42.8. The van der Waals surface area contributed by atoms with Crippen LogP contribution < -0.4 is 16.4 Å². The quantitative estimate of drug-likeness (QED) is 0.151. The lowest BCUT2D eigenvalue weighted by atomic mass is 9.85. The van der Waals surface area contributed by atoms with Gasteiger partial charge in [-0.1, -0.05) is 64.1 Å². The van der Waals surface area contributed by atoms with E-state index in [0.29, 0.717) is 63.3 Å². The van der Waals surface area contributed by atoms with Gasteiger partial charge >= 0.3 is 12.1 Å². The van der Waals surface area contributed by atoms with E-state index in [1.807, 2.05) is 62.4 Å². The number of anilines is 1. The van der Waals surface area contributed by atoms with Gasteiger partial charge in [0.25, 0.3) is 5.91 Å². The van der Waals surface area contributed by atoms with E-state index in [2.05, 4.69) is 20.6 Å². The number of aromatic nitrogens is 2. The van der Waals surface area contributed by atoms with Crippen molar-refractivity contribution >= 4 is 41.4 Å². The van der Waals surface area contributed by atoms with Gasteiger partial charge in [0.05, 0.1) is 32.2 Å². The number of esters is 1. The fourth-order valence-corrected chi connectivity index (χ4v) is 8.40. The zero-order valence-corrected chi connectivity index (χ0v) is 34.7. The molecule has 1 aromatic heterocycles. The van der Waals surface area contributed by atoms with Crippen LogP contribution in [0.3, 0.4) is 0 Å². The van der Waals surface area contributed by atoms with Crippen molar-refractivity contribution < 1.29 is 38.2 Å². The zero-order valence-electron chi connectivity index (χ0n) is 34.7. The van der Waals surface area contributed by atoms with Crippen molar-refractivity contribution in [1.29, 1.82) is 0 Å². The normalized spacial score (nSPS) is 20.7. The standard InChI is InChI=1S/C43H56N8O8/c1-25(2)35(48-42(57)59-6)39(54)50-22-9-12-34(50)38(53)49-21-8-11-33(49)37(52)46-30-19-17-28(18-20-30)27-13-15-29(16-14-27)31-24-45-36(47-31)32-10-7-23-51(32)40(55)43(44,26(3)4)41(56)58-5/h13-20,24-26,32-35H,7-12,21-23,44H2,1-6H3,(H,45,47)(H,46,52)(H,48,57)/t32?,33?,34?,35-,43?/m0/s1. The van der Waals surface area contributed by atoms with Gasteiger partial charge in [-0.15, -0.1) is 0 Å². The number of likely N-dealkylation sites (tertiary alicyclic amines) is 3. The number of aromatic amines is 1. The highest BCUT2D eigenvalue weighted by atomic mass is 16.5. The Balaban J connectivity index is 1.07. The molecule has 3 saturated heterocycles. The van der Waals surface area contributed by atoms with Crippen LogP contribution in [0.25, 0.3) is 22.4 Å². The second-order valence-electron chi connectivity index (χ2n) is 16.2. The van der Waals surface area contributed by atoms with Gasteiger partial charge in [0, 0.05) is 25.3 Å². The second-order valence-corrected chi connectivity index (χ2v) is 16.2. The number of benzene rings is 2. The minimum absolute atomic E-state index is 0.222. The van der Waals surface area contributed by atoms with E-state index < -0.39 is 47.6 Å². The number of carbonyl (C=O) groups excluding carboxylic acids is 6. The van der Waals surface area contributed by atoms with E-state index in [1.165, 1.54) is 19.1 Å². The maximum atomic E-state index is 13.9. The number of nitrogens with one attached hydrogen (secondary N) is 3. The summed E-state index contributed by atoms with van der Waals surface area (Å²) in [5.41, 5.74) is 8.77. The average molecular weight is 813 g/mol. The molecule has 59 heavy (non-hydrogen) atoms. The fraction of sp³-hybridized carbons (Fsp3) is 0.512. The van der Waals surface area contributed by atoms with Crippen LogP contribution >= 0.6 is 0 Å². The number of imidazole rings is 1. The lowest BCUT2D eigenvalue weighted by molar-refractivity contribution is -0.159. The highest BCUT2D eigenvalue weighted by Crippen LogP contribution is 2.35. The van der Waals surface area contributed by atoms with Gasteiger partial charge < -0.3 is 45.5 Å². The van der Waals surface area contributed by atoms with Crippen LogP contribution in [-0.4, -0.2) is 118 Å². The SMILES string of the molecule is COC(=O)N[C@H](C(=O)N1CCCC1C(=O)N1CCCC1C(=O)Nc1ccc(-c2ccc(-c3cnc(C4CCCN4C(=O)C(N)(C(=O)OC)C(C)C)[nH]3)cc2)cc1)C(C)C. The smallest absolute Gasteiger partial charge is 0.407 e. The summed E-state index contributed by atoms with van der Waals surface area (Å²) in [6.07, 6.45) is 4.76. The van der Waals surface area contributed by atoms with Crippen molar-refractivity contribution in [2.24, 2.45) is 17.6 Å². The lowest BCUT2D eigenvalue weighted by Crippen LogP contribution is -2.64. The number of H-pyrrole nitrogens is 1. The number of amides is 5. The summed E-state index contributed by atoms with van der Waals surface area (Å²) in [5.74, 6) is -2.18. The summed E-state index contributed by atoms with van der Waals surface area (Å²) in [6, 6.07) is 12.8. The number of carbonyl (C=O) groups is 6. The number of ether oxygens (including phenoxy) is 2. The van der Waals surface area contributed by atoms with Gasteiger partial charge in [-0.3, -0.25) is 19.2 Å². The molecule has 5 amide bonds. The van der Waals surface area contributed by atoms with Crippen molar-refractivity contribution in [3.8, 4) is 22.4 Å². The van der Waals surface area contributed by atoms with Crippen LogP contribution in [0.5, 0.6) is 0 Å². The van der Waals surface area contributed by atoms with E-state index in [4.69, 9.17) is 15.2 Å². The fourth-order valence-electron chi connectivity index (χ4n) is 8.40. The highest BCUT2D eigenvalue weighted by Gasteiger charge is 2.51. The van der Waals surface area contributed by atoms with Crippen molar-refractivity contribution in [1.82, 2.24) is 30.0 Å². The number of hydrogen-bond donors (Lipinski definition) is 4. The van der Waals surface area contributed by atoms with Gasteiger partial charge in [0.2, 0.25) is 17.7 Å². The van der Waals surface area contributed by atoms with Crippen LogP contribution in [0, 0.1) is 11.8 Å². The molecule has 3 fully saturated rings. The number of nitrogens with two attached hydrogens (primary N) is 1. The molecule has 0 saturated carbocycles. The third kappa shape index (κ3) is 8.68. The topological polar surface area (TPSA) is 209 Å². The predicted octanol–water partition coefficient (Wildman–Crippen LogP) is 4.23. The Morgan fingerprint density at radius 3 is 1.97 bits per heavy atom. The molecular weight excluding hydrogens is 757 g/mol. The number of alkyl carbamates (subject to hydrolysis) is 1. The van der Waals surface area contributed by atoms with Crippen molar-refractivity contribution in [3.05, 3.63) is 60.6 Å². The third-order valence-electron chi connectivity index (χ3n) is 11.9. The highest BCUT2D eigenvalue weighted by molar-refractivity contribution is 6.07. The Labute approximate surface area is 344 Å². The summed E-state index contributed by atoms with van der Waals surface area (Å²) in [4.78, 5) is 92.0. The van der Waals surface area contributed by atoms with E-state index in [1.54, 1.807) is 29.8 Å². The second kappa shape index (κ2) is 18.0. The van der Waals surface area contributed by atoms with Crippen molar-refractivity contribution in [3.63, 3.8) is 0 Å². The van der Waals surface area contributed by atoms with Crippen molar-refractivity contribution in [2.75, 3.05) is 39.2 Å². The van der Waals surface area contributed by atoms with Gasteiger partial charge in [0.1, 0.15) is 23.9 Å². The molecule has 4 heterocycles. The minimum Gasteiger partial charge on any atom is -0.467 e. The molecule has 16 heteroatoms. The van der Waals surface area contributed by atoms with Crippen LogP contribution in [0.2, 0.25) is 0 Å². The maximum absolute atomic E-state index is 13.9. The van der Waals surface area contributed by atoms with Gasteiger partial charge in [-0.05, 0) is 79.2 Å². The molecule has 3 aromatic rings. The minimum atomic E-state index is -1.79. The Morgan fingerprint density at radius 1 is 0.780 bits per heavy atom. The Morgan fingerprint density at radius 2 is 1.36 bits per heavy atom. The summed E-state index contributed by atoms with van der Waals surface area (Å²) in [6.45, 7) is 8.36. The molecule has 316 valence electrons.